The van der Waals surface area contributed by atoms with Crippen molar-refractivity contribution in [3.8, 4) is 34.2 Å². The van der Waals surface area contributed by atoms with E-state index in [9.17, 15) is 23.6 Å². The number of ether oxygens (including phenoxy) is 3. The molecule has 2 fully saturated rings. The number of amides is 3. The number of pyridine rings is 1. The van der Waals surface area contributed by atoms with E-state index in [1.807, 2.05) is 77.9 Å². The van der Waals surface area contributed by atoms with E-state index in [2.05, 4.69) is 66.1 Å². The first-order valence-corrected chi connectivity index (χ1v) is 24.7. The number of likely N-dealkylation sites (tertiary alicyclic amines) is 1. The Morgan fingerprint density at radius 3 is 2.53 bits per heavy atom. The zero-order chi connectivity index (χ0) is 50.7. The van der Waals surface area contributed by atoms with Crippen LogP contribution in [0.5, 0.6) is 0 Å². The van der Waals surface area contributed by atoms with Crippen LogP contribution < -0.4 is 10.7 Å². The van der Waals surface area contributed by atoms with Crippen LogP contribution in [0.25, 0.3) is 33.3 Å². The van der Waals surface area contributed by atoms with Crippen molar-refractivity contribution in [1.29, 1.82) is 0 Å². The summed E-state index contributed by atoms with van der Waals surface area (Å²) >= 11 is 0. The van der Waals surface area contributed by atoms with Gasteiger partial charge in [-0.15, -0.1) is 0 Å². The van der Waals surface area contributed by atoms with E-state index in [1.54, 1.807) is 24.3 Å². The molecule has 3 amide bonds. The lowest BCUT2D eigenvalue weighted by atomic mass is 9.84. The number of carbonyl (C=O) groups is 4. The maximum atomic E-state index is 14.9. The number of cyclic esters (lactones) is 1. The Labute approximate surface area is 412 Å². The first-order valence-electron chi connectivity index (χ1n) is 24.7. The van der Waals surface area contributed by atoms with Gasteiger partial charge in [0.05, 0.1) is 48.3 Å². The van der Waals surface area contributed by atoms with Gasteiger partial charge in [-0.05, 0) is 131 Å². The van der Waals surface area contributed by atoms with Crippen molar-refractivity contribution in [3.05, 3.63) is 77.1 Å². The second-order valence-corrected chi connectivity index (χ2v) is 21.0. The first kappa shape index (κ1) is 52.2. The van der Waals surface area contributed by atoms with Crippen molar-refractivity contribution in [1.82, 2.24) is 35.1 Å². The summed E-state index contributed by atoms with van der Waals surface area (Å²) in [7, 11) is 5.50. The summed E-state index contributed by atoms with van der Waals surface area (Å²) in [6, 6.07) is 14.0. The molecule has 0 aliphatic carbocycles. The summed E-state index contributed by atoms with van der Waals surface area (Å²) in [6.45, 7) is 17.1. The Balaban J connectivity index is 1.23. The average Bonchev–Trinajstić information content (AvgIpc) is 3.63. The van der Waals surface area contributed by atoms with Gasteiger partial charge in [0, 0.05) is 67.8 Å². The van der Waals surface area contributed by atoms with E-state index in [1.165, 1.54) is 5.01 Å². The summed E-state index contributed by atoms with van der Waals surface area (Å²) in [5, 5.41) is 5.50. The molecule has 4 aromatic rings. The first-order chi connectivity index (χ1) is 33.2. The number of nitrogens with one attached hydrogen (secondary N) is 2. The molecule has 2 N–H and O–H groups in total. The van der Waals surface area contributed by atoms with Gasteiger partial charge in [0.25, 0.3) is 11.8 Å². The minimum Gasteiger partial charge on any atom is -0.464 e. The highest BCUT2D eigenvalue weighted by atomic mass is 19.1. The van der Waals surface area contributed by atoms with E-state index in [-0.39, 0.29) is 49.6 Å². The molecule has 2 aromatic carbocycles. The maximum absolute atomic E-state index is 14.9. The van der Waals surface area contributed by atoms with Gasteiger partial charge in [0.1, 0.15) is 18.8 Å². The van der Waals surface area contributed by atoms with Crippen molar-refractivity contribution >= 4 is 34.6 Å². The summed E-state index contributed by atoms with van der Waals surface area (Å²) < 4.78 is 35.4. The molecule has 376 valence electrons. The molecular weight excluding hydrogens is 890 g/mol. The molecule has 7 rings (SSSR count). The Morgan fingerprint density at radius 2 is 1.84 bits per heavy atom. The van der Waals surface area contributed by atoms with Crippen molar-refractivity contribution in [2.45, 2.75) is 124 Å². The quantitative estimate of drug-likeness (QED) is 0.112. The van der Waals surface area contributed by atoms with Gasteiger partial charge in [-0.1, -0.05) is 51.8 Å². The molecule has 15 heteroatoms. The summed E-state index contributed by atoms with van der Waals surface area (Å²) in [6.07, 6.45) is 2.81. The van der Waals surface area contributed by atoms with Crippen LogP contribution in [0.3, 0.4) is 0 Å². The van der Waals surface area contributed by atoms with Gasteiger partial charge >= 0.3 is 5.97 Å². The number of carbonyl (C=O) groups excluding carboxylic acids is 4. The monoisotopic (exact) mass is 962 g/mol. The van der Waals surface area contributed by atoms with Crippen LogP contribution in [0.15, 0.2) is 54.7 Å². The van der Waals surface area contributed by atoms with Crippen molar-refractivity contribution in [3.63, 3.8) is 0 Å². The lowest BCUT2D eigenvalue weighted by Crippen LogP contribution is -2.61. The summed E-state index contributed by atoms with van der Waals surface area (Å²) in [5.41, 5.74) is 9.73. The smallest absolute Gasteiger partial charge is 0.324 e. The van der Waals surface area contributed by atoms with Crippen LogP contribution in [0.1, 0.15) is 96.7 Å². The van der Waals surface area contributed by atoms with Crippen LogP contribution in [0.4, 0.5) is 4.39 Å². The number of hydrogen-bond acceptors (Lipinski definition) is 10. The highest BCUT2D eigenvalue weighted by Gasteiger charge is 2.38. The number of alkyl halides is 1. The van der Waals surface area contributed by atoms with Gasteiger partial charge in [0.2, 0.25) is 5.91 Å². The Kier molecular flexibility index (Phi) is 16.2. The number of esters is 1. The van der Waals surface area contributed by atoms with E-state index in [4.69, 9.17) is 19.2 Å². The van der Waals surface area contributed by atoms with Gasteiger partial charge in [-0.3, -0.25) is 34.1 Å². The molecule has 70 heavy (non-hydrogen) atoms. The topological polar surface area (TPSA) is 148 Å². The van der Waals surface area contributed by atoms with Gasteiger partial charge < -0.3 is 29.0 Å². The van der Waals surface area contributed by atoms with Crippen molar-refractivity contribution in [2.24, 2.45) is 17.3 Å². The molecule has 0 unspecified atom stereocenters. The molecular formula is C55H72FN7O7. The number of aromatic nitrogens is 2. The van der Waals surface area contributed by atoms with E-state index in [0.717, 1.165) is 44.5 Å². The van der Waals surface area contributed by atoms with Crippen molar-refractivity contribution in [2.75, 3.05) is 54.1 Å². The third-order valence-electron chi connectivity index (χ3n) is 14.3. The second-order valence-electron chi connectivity index (χ2n) is 21.0. The standard InChI is InChI=1S/C55H72FN7O7/c1-12-62-47-18-17-38-27-42(47)43(50(62)41-15-13-21-57-49(41)35(4)68-11)28-54(5,6)33-70-53(67)45-16-14-22-63(59-45)52(66)46(26-36-23-37(29-56)25-39(38)24-36)58-51(65)44(34(2)3)32-69-40-30-61(31-40)48(64)19-20-55(7,8)60(9)10/h13,15,17-18,21,23-25,27,34-35,40,44-46,59H,12,14,16,22,26,28-33H2,1-11H3,(H,58,65)/t35-,44-,45-,46-/m0/s1. The number of halogens is 1. The Hall–Kier alpha value is -5.66. The predicted molar refractivity (Wildman–Crippen MR) is 269 cm³/mol. The maximum Gasteiger partial charge on any atom is 0.324 e. The number of nitrogens with zero attached hydrogens (tertiary/aromatic N) is 5. The molecule has 3 aliphatic heterocycles. The third kappa shape index (κ3) is 11.6. The molecule has 2 saturated heterocycles. The van der Waals surface area contributed by atoms with Crippen LogP contribution in [0.2, 0.25) is 0 Å². The second kappa shape index (κ2) is 21.8. The SMILES string of the molecule is CCn1c(-c2cccnc2[C@H](C)OC)c2c3cc(ccc31)-c1cc(CF)cc(c1)C[C@H](NC(=O)[C@@H](COC1CN(C(=O)C#CC(C)(C)N(C)C)C1)C(C)C)C(=O)N1CCC[C@H](N1)C(=O)OCC(C)(C)C2. The Morgan fingerprint density at radius 1 is 1.09 bits per heavy atom. The summed E-state index contributed by atoms with van der Waals surface area (Å²) in [4.78, 5) is 64.3. The molecule has 0 spiro atoms. The number of benzene rings is 2. The number of rotatable bonds is 12. The average molecular weight is 962 g/mol. The number of hydrazine groups is 1. The molecule has 2 aromatic heterocycles. The highest BCUT2D eigenvalue weighted by molar-refractivity contribution is 5.96. The highest BCUT2D eigenvalue weighted by Crippen LogP contribution is 2.42. The van der Waals surface area contributed by atoms with Crippen LogP contribution in [-0.4, -0.2) is 126 Å². The van der Waals surface area contributed by atoms with E-state index < -0.39 is 47.5 Å². The predicted octanol–water partition coefficient (Wildman–Crippen LogP) is 7.06. The van der Waals surface area contributed by atoms with Crippen LogP contribution in [-0.2, 0) is 59.4 Å². The minimum absolute atomic E-state index is 0.0508. The fraction of sp³-hybridized carbons (Fsp3) is 0.545. The minimum atomic E-state index is -1.09. The van der Waals surface area contributed by atoms with Crippen LogP contribution in [0, 0.1) is 29.1 Å². The van der Waals surface area contributed by atoms with Gasteiger partial charge in [-0.25, -0.2) is 9.82 Å². The number of fused-ring (bicyclic) bond motifs is 6. The normalized spacial score (nSPS) is 19.8. The zero-order valence-corrected chi connectivity index (χ0v) is 42.9. The number of aryl methyl sites for hydroxylation is 1. The number of methoxy groups -OCH3 is 1. The largest absolute Gasteiger partial charge is 0.464 e. The lowest BCUT2D eigenvalue weighted by Gasteiger charge is -2.39. The lowest BCUT2D eigenvalue weighted by molar-refractivity contribution is -0.155. The van der Waals surface area contributed by atoms with Gasteiger partial charge in [0.15, 0.2) is 0 Å². The number of hydrogen-bond donors (Lipinski definition) is 2. The zero-order valence-electron chi connectivity index (χ0n) is 42.9. The van der Waals surface area contributed by atoms with E-state index >= 15 is 0 Å². The summed E-state index contributed by atoms with van der Waals surface area (Å²) in [5.74, 6) is 3.46. The molecule has 0 saturated carbocycles. The fourth-order valence-electron chi connectivity index (χ4n) is 9.43. The van der Waals surface area contributed by atoms with Gasteiger partial charge in [-0.2, -0.15) is 0 Å². The van der Waals surface area contributed by atoms with Crippen LogP contribution >= 0.6 is 0 Å². The molecule has 4 atom stereocenters. The Bertz CT molecular complexity index is 2640. The molecule has 0 radical (unpaired) electrons. The molecule has 3 aliphatic rings. The molecule has 14 nitrogen and oxygen atoms in total. The molecule has 6 bridgehead atoms. The van der Waals surface area contributed by atoms with Crippen molar-refractivity contribution < 1.29 is 37.8 Å². The third-order valence-corrected chi connectivity index (χ3v) is 14.3. The molecule has 5 heterocycles. The fourth-order valence-corrected chi connectivity index (χ4v) is 9.43. The van der Waals surface area contributed by atoms with E-state index in [0.29, 0.717) is 56.6 Å².